The van der Waals surface area contributed by atoms with Gasteiger partial charge in [-0.2, -0.15) is 0 Å². The predicted octanol–water partition coefficient (Wildman–Crippen LogP) is 1.62. The lowest BCUT2D eigenvalue weighted by Gasteiger charge is -2.17. The third kappa shape index (κ3) is 4.70. The molecule has 1 aliphatic heterocycles. The average Bonchev–Trinajstić information content (AvgIpc) is 3.17. The van der Waals surface area contributed by atoms with Crippen LogP contribution in [0.1, 0.15) is 28.1 Å². The largest absolute Gasteiger partial charge is 0.492 e. The van der Waals surface area contributed by atoms with Crippen molar-refractivity contribution in [1.29, 1.82) is 0 Å². The minimum atomic E-state index is -1.08. The molecule has 8 heteroatoms. The van der Waals surface area contributed by atoms with Gasteiger partial charge in [0, 0.05) is 18.5 Å². The maximum atomic E-state index is 12.6. The van der Waals surface area contributed by atoms with Crippen molar-refractivity contribution in [3.8, 4) is 5.75 Å². The molecular formula is C20H22N2O6. The summed E-state index contributed by atoms with van der Waals surface area (Å²) in [5.74, 6) is -0.719. The monoisotopic (exact) mass is 386 g/mol. The summed E-state index contributed by atoms with van der Waals surface area (Å²) in [6.07, 6.45) is 1.19. The first kappa shape index (κ1) is 19.5. The highest BCUT2D eigenvalue weighted by atomic mass is 16.5. The van der Waals surface area contributed by atoms with Crippen LogP contribution in [0.3, 0.4) is 0 Å². The second kappa shape index (κ2) is 8.60. The van der Waals surface area contributed by atoms with E-state index in [2.05, 4.69) is 5.32 Å². The van der Waals surface area contributed by atoms with Crippen molar-refractivity contribution in [3.05, 3.63) is 53.5 Å². The highest BCUT2D eigenvalue weighted by Crippen LogP contribution is 2.19. The summed E-state index contributed by atoms with van der Waals surface area (Å²) in [5.41, 5.74) is 0.784. The molecule has 1 saturated heterocycles. The number of nitrogens with zero attached hydrogens (tertiary/aromatic N) is 1. The van der Waals surface area contributed by atoms with Crippen LogP contribution in [0.4, 0.5) is 0 Å². The van der Waals surface area contributed by atoms with E-state index >= 15 is 0 Å². The molecule has 1 aliphatic rings. The number of ether oxygens (including phenoxy) is 1. The van der Waals surface area contributed by atoms with Crippen molar-refractivity contribution in [1.82, 2.24) is 10.2 Å². The van der Waals surface area contributed by atoms with E-state index in [1.54, 1.807) is 11.8 Å². The Bertz CT molecular complexity index is 861. The van der Waals surface area contributed by atoms with Gasteiger partial charge < -0.3 is 24.5 Å². The number of furan rings is 1. The third-order valence-corrected chi connectivity index (χ3v) is 4.51. The molecule has 2 heterocycles. The fourth-order valence-corrected chi connectivity index (χ4v) is 3.20. The highest BCUT2D eigenvalue weighted by Gasteiger charge is 2.32. The van der Waals surface area contributed by atoms with Gasteiger partial charge in [0.25, 0.3) is 5.91 Å². The van der Waals surface area contributed by atoms with Crippen molar-refractivity contribution in [2.45, 2.75) is 25.8 Å². The Morgan fingerprint density at radius 1 is 1.32 bits per heavy atom. The standard InChI is InChI=1S/C20H22N2O6/c1-13-12-28-16(10-18(24)25)19(13)20(26)21-14-9-17(23)22(11-14)7-8-27-15-5-3-2-4-6-15/h2-6,12,14H,7-11H2,1H3,(H,21,26)(H,24,25). The fraction of sp³-hybridized carbons (Fsp3) is 0.350. The molecule has 0 spiro atoms. The Hall–Kier alpha value is -3.29. The fourth-order valence-electron chi connectivity index (χ4n) is 3.20. The van der Waals surface area contributed by atoms with Crippen LogP contribution in [0, 0.1) is 6.92 Å². The minimum Gasteiger partial charge on any atom is -0.492 e. The quantitative estimate of drug-likeness (QED) is 0.714. The van der Waals surface area contributed by atoms with Crippen molar-refractivity contribution < 1.29 is 28.6 Å². The lowest BCUT2D eigenvalue weighted by atomic mass is 10.1. The zero-order chi connectivity index (χ0) is 20.1. The van der Waals surface area contributed by atoms with E-state index in [9.17, 15) is 14.4 Å². The van der Waals surface area contributed by atoms with Gasteiger partial charge in [0.15, 0.2) is 0 Å². The van der Waals surface area contributed by atoms with Crippen molar-refractivity contribution in [2.75, 3.05) is 19.7 Å². The molecule has 0 radical (unpaired) electrons. The van der Waals surface area contributed by atoms with Crippen LogP contribution in [0.2, 0.25) is 0 Å². The van der Waals surface area contributed by atoms with Gasteiger partial charge >= 0.3 is 5.97 Å². The number of nitrogens with one attached hydrogen (secondary N) is 1. The first-order valence-electron chi connectivity index (χ1n) is 8.99. The Morgan fingerprint density at radius 3 is 2.79 bits per heavy atom. The molecular weight excluding hydrogens is 364 g/mol. The van der Waals surface area contributed by atoms with E-state index < -0.39 is 11.9 Å². The molecule has 28 heavy (non-hydrogen) atoms. The van der Waals surface area contributed by atoms with E-state index in [1.165, 1.54) is 6.26 Å². The SMILES string of the molecule is Cc1coc(CC(=O)O)c1C(=O)NC1CC(=O)N(CCOc2ccccc2)C1. The van der Waals surface area contributed by atoms with E-state index in [4.69, 9.17) is 14.3 Å². The Morgan fingerprint density at radius 2 is 2.07 bits per heavy atom. The molecule has 1 fully saturated rings. The molecule has 148 valence electrons. The molecule has 1 unspecified atom stereocenters. The molecule has 1 aromatic heterocycles. The van der Waals surface area contributed by atoms with Gasteiger partial charge in [0.05, 0.1) is 24.4 Å². The zero-order valence-corrected chi connectivity index (χ0v) is 15.5. The lowest BCUT2D eigenvalue weighted by Crippen LogP contribution is -2.38. The smallest absolute Gasteiger partial charge is 0.311 e. The molecule has 1 aromatic carbocycles. The summed E-state index contributed by atoms with van der Waals surface area (Å²) in [7, 11) is 0. The first-order chi connectivity index (χ1) is 13.4. The number of aliphatic carboxylic acids is 1. The lowest BCUT2D eigenvalue weighted by molar-refractivity contribution is -0.136. The number of benzene rings is 1. The highest BCUT2D eigenvalue weighted by molar-refractivity contribution is 5.98. The summed E-state index contributed by atoms with van der Waals surface area (Å²) in [6, 6.07) is 8.99. The molecule has 0 bridgehead atoms. The molecule has 1 atom stereocenters. The number of carboxylic acid groups (broad SMARTS) is 1. The number of carbonyl (C=O) groups is 3. The molecule has 3 rings (SSSR count). The summed E-state index contributed by atoms with van der Waals surface area (Å²) >= 11 is 0. The zero-order valence-electron chi connectivity index (χ0n) is 15.5. The van der Waals surface area contributed by atoms with Crippen LogP contribution in [-0.2, 0) is 16.0 Å². The van der Waals surface area contributed by atoms with Crippen LogP contribution >= 0.6 is 0 Å². The van der Waals surface area contributed by atoms with Crippen molar-refractivity contribution in [3.63, 3.8) is 0 Å². The number of likely N-dealkylation sites (tertiary alicyclic amines) is 1. The van der Waals surface area contributed by atoms with Crippen LogP contribution in [0.15, 0.2) is 41.0 Å². The average molecular weight is 386 g/mol. The van der Waals surface area contributed by atoms with Crippen LogP contribution in [-0.4, -0.2) is 53.5 Å². The molecule has 2 aromatic rings. The summed E-state index contributed by atoms with van der Waals surface area (Å²) in [5, 5.41) is 11.8. The first-order valence-corrected chi connectivity index (χ1v) is 8.99. The number of carboxylic acids is 1. The third-order valence-electron chi connectivity index (χ3n) is 4.51. The summed E-state index contributed by atoms with van der Waals surface area (Å²) < 4.78 is 10.8. The van der Waals surface area contributed by atoms with Crippen LogP contribution in [0.25, 0.3) is 0 Å². The van der Waals surface area contributed by atoms with E-state index in [1.807, 2.05) is 30.3 Å². The molecule has 2 N–H and O–H groups in total. The second-order valence-electron chi connectivity index (χ2n) is 6.66. The van der Waals surface area contributed by atoms with Crippen molar-refractivity contribution in [2.24, 2.45) is 0 Å². The summed E-state index contributed by atoms with van der Waals surface area (Å²) in [6.45, 7) is 2.85. The maximum Gasteiger partial charge on any atom is 0.311 e. The van der Waals surface area contributed by atoms with Gasteiger partial charge in [-0.1, -0.05) is 18.2 Å². The van der Waals surface area contributed by atoms with Gasteiger partial charge in [-0.15, -0.1) is 0 Å². The number of carbonyl (C=O) groups excluding carboxylic acids is 2. The Kier molecular flexibility index (Phi) is 5.98. The van der Waals surface area contributed by atoms with E-state index in [0.29, 0.717) is 25.3 Å². The number of amides is 2. The van der Waals surface area contributed by atoms with E-state index in [0.717, 1.165) is 5.75 Å². The van der Waals surface area contributed by atoms with Crippen LogP contribution in [0.5, 0.6) is 5.75 Å². The summed E-state index contributed by atoms with van der Waals surface area (Å²) in [4.78, 5) is 37.4. The van der Waals surface area contributed by atoms with Gasteiger partial charge in [-0.3, -0.25) is 14.4 Å². The normalized spacial score (nSPS) is 16.2. The number of hydrogen-bond acceptors (Lipinski definition) is 5. The molecule has 8 nitrogen and oxygen atoms in total. The van der Waals surface area contributed by atoms with Crippen molar-refractivity contribution >= 4 is 17.8 Å². The molecule has 2 amide bonds. The van der Waals surface area contributed by atoms with Gasteiger partial charge in [-0.05, 0) is 19.1 Å². The van der Waals surface area contributed by atoms with E-state index in [-0.39, 0.29) is 36.1 Å². The molecule has 0 saturated carbocycles. The molecule has 0 aliphatic carbocycles. The maximum absolute atomic E-state index is 12.6. The topological polar surface area (TPSA) is 109 Å². The van der Waals surface area contributed by atoms with Gasteiger partial charge in [-0.25, -0.2) is 0 Å². The Labute approximate surface area is 162 Å². The predicted molar refractivity (Wildman–Crippen MR) is 99.2 cm³/mol. The van der Waals surface area contributed by atoms with Gasteiger partial charge in [0.2, 0.25) is 5.91 Å². The second-order valence-corrected chi connectivity index (χ2v) is 6.66. The van der Waals surface area contributed by atoms with Crippen LogP contribution < -0.4 is 10.1 Å². The number of rotatable bonds is 8. The van der Waals surface area contributed by atoms with Gasteiger partial charge in [0.1, 0.15) is 24.5 Å². The Balaban J connectivity index is 1.53. The minimum absolute atomic E-state index is 0.0587. The number of aryl methyl sites for hydroxylation is 1. The number of hydrogen-bond donors (Lipinski definition) is 2. The number of para-hydroxylation sites is 1.